The number of piperidine rings is 1. The van der Waals surface area contributed by atoms with E-state index in [4.69, 9.17) is 0 Å². The van der Waals surface area contributed by atoms with Crippen LogP contribution in [0.25, 0.3) is 0 Å². The zero-order chi connectivity index (χ0) is 11.7. The molecule has 0 aliphatic carbocycles. The van der Waals surface area contributed by atoms with Gasteiger partial charge in [0.2, 0.25) is 0 Å². The molecular formula is C14H18N2O. The highest BCUT2D eigenvalue weighted by Crippen LogP contribution is 2.27. The van der Waals surface area contributed by atoms with E-state index in [1.54, 1.807) is 0 Å². The predicted molar refractivity (Wildman–Crippen MR) is 68.2 cm³/mol. The van der Waals surface area contributed by atoms with E-state index in [0.29, 0.717) is 5.78 Å². The maximum absolute atomic E-state index is 12.4. The SMILES string of the molecule is O=C(C1CCCNC1)C1Cc2ccccc2N1. The second-order valence-electron chi connectivity index (χ2n) is 5.00. The number of para-hydroxylation sites is 1. The van der Waals surface area contributed by atoms with E-state index in [-0.39, 0.29) is 12.0 Å². The fraction of sp³-hybridized carbons (Fsp3) is 0.500. The molecule has 1 fully saturated rings. The van der Waals surface area contributed by atoms with Crippen molar-refractivity contribution >= 4 is 11.5 Å². The molecule has 2 unspecified atom stereocenters. The normalized spacial score (nSPS) is 27.3. The Morgan fingerprint density at radius 1 is 1.29 bits per heavy atom. The smallest absolute Gasteiger partial charge is 0.159 e. The van der Waals surface area contributed by atoms with Gasteiger partial charge in [-0.25, -0.2) is 0 Å². The molecule has 90 valence electrons. The highest BCUT2D eigenvalue weighted by atomic mass is 16.1. The summed E-state index contributed by atoms with van der Waals surface area (Å²) in [6, 6.07) is 8.21. The number of hydrogen-bond acceptors (Lipinski definition) is 3. The highest BCUT2D eigenvalue weighted by Gasteiger charge is 2.31. The average molecular weight is 230 g/mol. The van der Waals surface area contributed by atoms with E-state index in [1.807, 2.05) is 12.1 Å². The van der Waals surface area contributed by atoms with Crippen molar-refractivity contribution in [1.29, 1.82) is 0 Å². The van der Waals surface area contributed by atoms with Crippen LogP contribution in [-0.2, 0) is 11.2 Å². The lowest BCUT2D eigenvalue weighted by molar-refractivity contribution is -0.124. The molecule has 2 aliphatic rings. The van der Waals surface area contributed by atoms with Crippen LogP contribution in [0, 0.1) is 5.92 Å². The lowest BCUT2D eigenvalue weighted by Crippen LogP contribution is -2.41. The Morgan fingerprint density at radius 2 is 2.18 bits per heavy atom. The molecular weight excluding hydrogens is 212 g/mol. The summed E-state index contributed by atoms with van der Waals surface area (Å²) in [5.74, 6) is 0.587. The minimum absolute atomic E-state index is 0.00250. The third-order valence-corrected chi connectivity index (χ3v) is 3.81. The zero-order valence-electron chi connectivity index (χ0n) is 9.91. The third kappa shape index (κ3) is 2.07. The standard InChI is InChI=1S/C14H18N2O/c17-14(11-5-3-7-15-9-11)13-8-10-4-1-2-6-12(10)16-13/h1-2,4,6,11,13,15-16H,3,5,7-9H2. The number of ketones is 1. The highest BCUT2D eigenvalue weighted by molar-refractivity contribution is 5.91. The van der Waals surface area contributed by atoms with Gasteiger partial charge in [-0.2, -0.15) is 0 Å². The molecule has 3 heteroatoms. The Kier molecular flexibility index (Phi) is 2.85. The second kappa shape index (κ2) is 4.49. The van der Waals surface area contributed by atoms with Crippen molar-refractivity contribution in [2.24, 2.45) is 5.92 Å². The third-order valence-electron chi connectivity index (χ3n) is 3.81. The summed E-state index contributed by atoms with van der Waals surface area (Å²) in [5, 5.41) is 6.67. The van der Waals surface area contributed by atoms with Crippen molar-refractivity contribution in [3.05, 3.63) is 29.8 Å². The molecule has 0 saturated carbocycles. The van der Waals surface area contributed by atoms with Gasteiger partial charge < -0.3 is 10.6 Å². The minimum Gasteiger partial charge on any atom is -0.375 e. The van der Waals surface area contributed by atoms with Crippen molar-refractivity contribution in [1.82, 2.24) is 5.32 Å². The Balaban J connectivity index is 1.69. The van der Waals surface area contributed by atoms with E-state index in [0.717, 1.165) is 38.0 Å². The number of benzene rings is 1. The number of carbonyl (C=O) groups is 1. The molecule has 0 radical (unpaired) electrons. The number of hydrogen-bond donors (Lipinski definition) is 2. The average Bonchev–Trinajstić information content (AvgIpc) is 2.82. The van der Waals surface area contributed by atoms with Gasteiger partial charge in [0.1, 0.15) is 0 Å². The van der Waals surface area contributed by atoms with Gasteiger partial charge in [0, 0.05) is 24.6 Å². The molecule has 0 amide bonds. The maximum atomic E-state index is 12.4. The van der Waals surface area contributed by atoms with Gasteiger partial charge in [0.15, 0.2) is 5.78 Å². The molecule has 3 nitrogen and oxygen atoms in total. The lowest BCUT2D eigenvalue weighted by Gasteiger charge is -2.24. The van der Waals surface area contributed by atoms with E-state index >= 15 is 0 Å². The van der Waals surface area contributed by atoms with E-state index in [2.05, 4.69) is 22.8 Å². The van der Waals surface area contributed by atoms with Crippen LogP contribution in [0.3, 0.4) is 0 Å². The Morgan fingerprint density at radius 3 is 2.94 bits per heavy atom. The Hall–Kier alpha value is -1.35. The molecule has 17 heavy (non-hydrogen) atoms. The number of Topliss-reactive ketones (excluding diaryl/α,β-unsaturated/α-hetero) is 1. The molecule has 1 aromatic rings. The van der Waals surface area contributed by atoms with Crippen LogP contribution in [0.4, 0.5) is 5.69 Å². The van der Waals surface area contributed by atoms with Crippen molar-refractivity contribution in [3.8, 4) is 0 Å². The van der Waals surface area contributed by atoms with Crippen molar-refractivity contribution < 1.29 is 4.79 Å². The molecule has 2 atom stereocenters. The summed E-state index contributed by atoms with van der Waals surface area (Å²) in [6.07, 6.45) is 3.02. The lowest BCUT2D eigenvalue weighted by atomic mass is 9.90. The summed E-state index contributed by atoms with van der Waals surface area (Å²) in [6.45, 7) is 1.91. The first-order valence-corrected chi connectivity index (χ1v) is 6.43. The monoisotopic (exact) mass is 230 g/mol. The fourth-order valence-corrected chi connectivity index (χ4v) is 2.85. The van der Waals surface area contributed by atoms with Crippen LogP contribution in [0.5, 0.6) is 0 Å². The fourth-order valence-electron chi connectivity index (χ4n) is 2.85. The van der Waals surface area contributed by atoms with Crippen molar-refractivity contribution in [2.45, 2.75) is 25.3 Å². The number of anilines is 1. The van der Waals surface area contributed by atoms with Crippen molar-refractivity contribution in [2.75, 3.05) is 18.4 Å². The first kappa shape index (κ1) is 10.8. The predicted octanol–water partition coefficient (Wildman–Crippen LogP) is 1.59. The van der Waals surface area contributed by atoms with Crippen LogP contribution in [-0.4, -0.2) is 24.9 Å². The van der Waals surface area contributed by atoms with Crippen molar-refractivity contribution in [3.63, 3.8) is 0 Å². The number of carbonyl (C=O) groups excluding carboxylic acids is 1. The Labute approximate surface area is 102 Å². The summed E-state index contributed by atoms with van der Waals surface area (Å²) in [7, 11) is 0. The molecule has 1 aromatic carbocycles. The second-order valence-corrected chi connectivity index (χ2v) is 5.00. The van der Waals surface area contributed by atoms with Gasteiger partial charge in [0.05, 0.1) is 6.04 Å². The number of rotatable bonds is 2. The first-order valence-electron chi connectivity index (χ1n) is 6.43. The molecule has 2 heterocycles. The molecule has 2 aliphatic heterocycles. The molecule has 0 bridgehead atoms. The summed E-state index contributed by atoms with van der Waals surface area (Å²) in [4.78, 5) is 12.4. The Bertz CT molecular complexity index is 399. The van der Waals surface area contributed by atoms with Gasteiger partial charge in [-0.05, 0) is 31.0 Å². The van der Waals surface area contributed by atoms with Crippen LogP contribution in [0.1, 0.15) is 18.4 Å². The molecule has 2 N–H and O–H groups in total. The van der Waals surface area contributed by atoms with Crippen LogP contribution < -0.4 is 10.6 Å². The van der Waals surface area contributed by atoms with E-state index < -0.39 is 0 Å². The topological polar surface area (TPSA) is 41.1 Å². The van der Waals surface area contributed by atoms with Crippen LogP contribution >= 0.6 is 0 Å². The van der Waals surface area contributed by atoms with Gasteiger partial charge in [-0.3, -0.25) is 4.79 Å². The number of nitrogens with one attached hydrogen (secondary N) is 2. The molecule has 0 aromatic heterocycles. The minimum atomic E-state index is -0.00250. The quantitative estimate of drug-likeness (QED) is 0.810. The number of fused-ring (bicyclic) bond motifs is 1. The zero-order valence-corrected chi connectivity index (χ0v) is 9.91. The molecule has 1 saturated heterocycles. The van der Waals surface area contributed by atoms with E-state index in [1.165, 1.54) is 5.56 Å². The van der Waals surface area contributed by atoms with E-state index in [9.17, 15) is 4.79 Å². The summed E-state index contributed by atoms with van der Waals surface area (Å²) in [5.41, 5.74) is 2.41. The largest absolute Gasteiger partial charge is 0.375 e. The maximum Gasteiger partial charge on any atom is 0.159 e. The van der Waals surface area contributed by atoms with Crippen LogP contribution in [0.2, 0.25) is 0 Å². The van der Waals surface area contributed by atoms with Crippen LogP contribution in [0.15, 0.2) is 24.3 Å². The first-order chi connectivity index (χ1) is 8.34. The van der Waals surface area contributed by atoms with Gasteiger partial charge >= 0.3 is 0 Å². The van der Waals surface area contributed by atoms with Gasteiger partial charge in [-0.1, -0.05) is 18.2 Å². The molecule has 3 rings (SSSR count). The van der Waals surface area contributed by atoms with Gasteiger partial charge in [-0.15, -0.1) is 0 Å². The summed E-state index contributed by atoms with van der Waals surface area (Å²) < 4.78 is 0. The van der Waals surface area contributed by atoms with Gasteiger partial charge in [0.25, 0.3) is 0 Å². The summed E-state index contributed by atoms with van der Waals surface area (Å²) >= 11 is 0. The molecule has 0 spiro atoms.